The summed E-state index contributed by atoms with van der Waals surface area (Å²) in [5.41, 5.74) is 0. The SMILES string of the molecule is O=C(O)CCCCCC[C@@H]1C(=O)NC(=O)[C@@H]1CC[C@H](O)C1CCCCC1. The first-order valence-electron chi connectivity index (χ1n) is 10.2. The monoisotopic (exact) mass is 367 g/mol. The number of carbonyl (C=O) groups excluding carboxylic acids is 2. The molecule has 6 nitrogen and oxygen atoms in total. The van der Waals surface area contributed by atoms with Crippen LogP contribution in [0.1, 0.15) is 83.5 Å². The van der Waals surface area contributed by atoms with Crippen molar-refractivity contribution < 1.29 is 24.6 Å². The molecule has 148 valence electrons. The van der Waals surface area contributed by atoms with Crippen LogP contribution in [0, 0.1) is 17.8 Å². The van der Waals surface area contributed by atoms with Crippen molar-refractivity contribution in [3.63, 3.8) is 0 Å². The fourth-order valence-electron chi connectivity index (χ4n) is 4.44. The smallest absolute Gasteiger partial charge is 0.303 e. The van der Waals surface area contributed by atoms with Gasteiger partial charge in [-0.3, -0.25) is 19.7 Å². The van der Waals surface area contributed by atoms with Gasteiger partial charge in [0.1, 0.15) is 0 Å². The van der Waals surface area contributed by atoms with Gasteiger partial charge in [-0.15, -0.1) is 0 Å². The van der Waals surface area contributed by atoms with E-state index in [1.54, 1.807) is 0 Å². The minimum atomic E-state index is -0.776. The van der Waals surface area contributed by atoms with Crippen molar-refractivity contribution >= 4 is 17.8 Å². The summed E-state index contributed by atoms with van der Waals surface area (Å²) in [5.74, 6) is -1.42. The van der Waals surface area contributed by atoms with E-state index in [9.17, 15) is 19.5 Å². The van der Waals surface area contributed by atoms with Crippen molar-refractivity contribution in [2.45, 2.75) is 89.6 Å². The summed E-state index contributed by atoms with van der Waals surface area (Å²) in [6.07, 6.45) is 10.6. The molecule has 2 rings (SSSR count). The van der Waals surface area contributed by atoms with Gasteiger partial charge in [0.15, 0.2) is 0 Å². The summed E-state index contributed by atoms with van der Waals surface area (Å²) in [5, 5.41) is 21.5. The third kappa shape index (κ3) is 6.38. The summed E-state index contributed by atoms with van der Waals surface area (Å²) >= 11 is 0. The Morgan fingerprint density at radius 3 is 2.23 bits per heavy atom. The number of amides is 2. The highest BCUT2D eigenvalue weighted by atomic mass is 16.4. The van der Waals surface area contributed by atoms with Gasteiger partial charge in [0.25, 0.3) is 0 Å². The largest absolute Gasteiger partial charge is 0.481 e. The van der Waals surface area contributed by atoms with Crippen LogP contribution in [0.4, 0.5) is 0 Å². The molecule has 1 saturated heterocycles. The molecule has 26 heavy (non-hydrogen) atoms. The predicted octanol–water partition coefficient (Wildman–Crippen LogP) is 3.02. The van der Waals surface area contributed by atoms with Crippen LogP contribution in [0.2, 0.25) is 0 Å². The van der Waals surface area contributed by atoms with Crippen LogP contribution in [0.25, 0.3) is 0 Å². The number of aliphatic hydroxyl groups excluding tert-OH is 1. The highest BCUT2D eigenvalue weighted by molar-refractivity contribution is 6.04. The molecule has 2 amide bonds. The van der Waals surface area contributed by atoms with Crippen LogP contribution in [0.5, 0.6) is 0 Å². The average molecular weight is 367 g/mol. The maximum absolute atomic E-state index is 12.1. The first kappa shape index (κ1) is 20.9. The summed E-state index contributed by atoms with van der Waals surface area (Å²) in [4.78, 5) is 34.7. The number of hydrogen-bond donors (Lipinski definition) is 3. The van der Waals surface area contributed by atoms with Gasteiger partial charge in [0.2, 0.25) is 11.8 Å². The highest BCUT2D eigenvalue weighted by Gasteiger charge is 2.41. The molecule has 3 N–H and O–H groups in total. The molecule has 1 aliphatic carbocycles. The molecule has 1 heterocycles. The number of imide groups is 1. The first-order chi connectivity index (χ1) is 12.5. The van der Waals surface area contributed by atoms with Gasteiger partial charge in [0, 0.05) is 12.3 Å². The van der Waals surface area contributed by atoms with E-state index < -0.39 is 5.97 Å². The number of aliphatic hydroxyl groups is 1. The van der Waals surface area contributed by atoms with Gasteiger partial charge in [-0.05, 0) is 44.4 Å². The number of hydrogen-bond acceptors (Lipinski definition) is 4. The van der Waals surface area contributed by atoms with Crippen molar-refractivity contribution in [1.82, 2.24) is 5.32 Å². The molecule has 1 saturated carbocycles. The Kier molecular flexibility index (Phi) is 8.55. The maximum Gasteiger partial charge on any atom is 0.303 e. The number of unbranched alkanes of at least 4 members (excludes halogenated alkanes) is 3. The number of carbonyl (C=O) groups is 3. The van der Waals surface area contributed by atoms with Crippen LogP contribution in [-0.4, -0.2) is 34.1 Å². The van der Waals surface area contributed by atoms with Gasteiger partial charge < -0.3 is 10.2 Å². The van der Waals surface area contributed by atoms with Gasteiger partial charge in [-0.25, -0.2) is 0 Å². The Bertz CT molecular complexity index is 487. The zero-order chi connectivity index (χ0) is 18.9. The molecule has 0 spiro atoms. The van der Waals surface area contributed by atoms with Crippen molar-refractivity contribution in [3.05, 3.63) is 0 Å². The first-order valence-corrected chi connectivity index (χ1v) is 10.2. The van der Waals surface area contributed by atoms with Gasteiger partial charge in [-0.1, -0.05) is 38.5 Å². The molecule has 0 aromatic carbocycles. The van der Waals surface area contributed by atoms with E-state index in [1.807, 2.05) is 0 Å². The van der Waals surface area contributed by atoms with Crippen LogP contribution < -0.4 is 5.32 Å². The van der Waals surface area contributed by atoms with Gasteiger partial charge in [0.05, 0.1) is 12.0 Å². The zero-order valence-corrected chi connectivity index (χ0v) is 15.6. The fourth-order valence-corrected chi connectivity index (χ4v) is 4.44. The average Bonchev–Trinajstić information content (AvgIpc) is 2.89. The summed E-state index contributed by atoms with van der Waals surface area (Å²) < 4.78 is 0. The third-order valence-electron chi connectivity index (χ3n) is 6.03. The Hall–Kier alpha value is -1.43. The fraction of sp³-hybridized carbons (Fsp3) is 0.850. The number of aliphatic carboxylic acids is 1. The molecule has 2 aliphatic rings. The number of carboxylic acids is 1. The van der Waals surface area contributed by atoms with Crippen molar-refractivity contribution in [1.29, 1.82) is 0 Å². The van der Waals surface area contributed by atoms with E-state index in [0.717, 1.165) is 32.1 Å². The number of carboxylic acid groups (broad SMARTS) is 1. The van der Waals surface area contributed by atoms with Gasteiger partial charge in [-0.2, -0.15) is 0 Å². The molecular weight excluding hydrogens is 334 g/mol. The summed E-state index contributed by atoms with van der Waals surface area (Å²) in [6, 6.07) is 0. The van der Waals surface area contributed by atoms with Crippen LogP contribution in [-0.2, 0) is 14.4 Å². The molecule has 0 aromatic heterocycles. The second-order valence-electron chi connectivity index (χ2n) is 7.96. The highest BCUT2D eigenvalue weighted by Crippen LogP contribution is 2.33. The molecule has 1 aliphatic heterocycles. The minimum absolute atomic E-state index is 0.183. The molecule has 0 radical (unpaired) electrons. The third-order valence-corrected chi connectivity index (χ3v) is 6.03. The standard InChI is InChI=1S/C20H33NO5/c22-17(14-8-4-3-5-9-14)13-12-16-15(19(25)21-20(16)26)10-6-1-2-7-11-18(23)24/h14-17,22H,1-13H2,(H,23,24)(H,21,25,26)/t15-,16+,17-/m0/s1. The van der Waals surface area contributed by atoms with E-state index in [-0.39, 0.29) is 36.2 Å². The lowest BCUT2D eigenvalue weighted by atomic mass is 9.80. The lowest BCUT2D eigenvalue weighted by molar-refractivity contribution is -0.137. The molecule has 0 bridgehead atoms. The van der Waals surface area contributed by atoms with E-state index in [1.165, 1.54) is 19.3 Å². The second-order valence-corrected chi connectivity index (χ2v) is 7.96. The summed E-state index contributed by atoms with van der Waals surface area (Å²) in [6.45, 7) is 0. The molecule has 6 heteroatoms. The predicted molar refractivity (Wildman–Crippen MR) is 97.3 cm³/mol. The molecule has 0 aromatic rings. The Balaban J connectivity index is 1.73. The van der Waals surface area contributed by atoms with Crippen LogP contribution in [0.15, 0.2) is 0 Å². The number of nitrogens with one attached hydrogen (secondary N) is 1. The number of rotatable bonds is 11. The quantitative estimate of drug-likeness (QED) is 0.385. The summed E-state index contributed by atoms with van der Waals surface area (Å²) in [7, 11) is 0. The lowest BCUT2D eigenvalue weighted by Gasteiger charge is -2.27. The minimum Gasteiger partial charge on any atom is -0.481 e. The normalized spacial score (nSPS) is 25.3. The van der Waals surface area contributed by atoms with E-state index in [2.05, 4.69) is 5.32 Å². The molecular formula is C20H33NO5. The van der Waals surface area contributed by atoms with Crippen molar-refractivity contribution in [3.8, 4) is 0 Å². The van der Waals surface area contributed by atoms with Crippen LogP contribution in [0.3, 0.4) is 0 Å². The topological polar surface area (TPSA) is 104 Å². The molecule has 2 fully saturated rings. The van der Waals surface area contributed by atoms with Crippen molar-refractivity contribution in [2.24, 2.45) is 17.8 Å². The van der Waals surface area contributed by atoms with Crippen LogP contribution >= 0.6 is 0 Å². The van der Waals surface area contributed by atoms with Gasteiger partial charge >= 0.3 is 5.97 Å². The van der Waals surface area contributed by atoms with E-state index >= 15 is 0 Å². The lowest BCUT2D eigenvalue weighted by Crippen LogP contribution is -2.26. The Labute approximate surface area is 155 Å². The Morgan fingerprint density at radius 2 is 1.58 bits per heavy atom. The Morgan fingerprint density at radius 1 is 0.962 bits per heavy atom. The second kappa shape index (κ2) is 10.7. The van der Waals surface area contributed by atoms with E-state index in [0.29, 0.717) is 31.6 Å². The molecule has 0 unspecified atom stereocenters. The molecule has 3 atom stereocenters. The van der Waals surface area contributed by atoms with E-state index in [4.69, 9.17) is 5.11 Å². The van der Waals surface area contributed by atoms with Crippen molar-refractivity contribution in [2.75, 3.05) is 0 Å². The maximum atomic E-state index is 12.1. The zero-order valence-electron chi connectivity index (χ0n) is 15.6.